The number of nitrogens with zero attached hydrogens (tertiary/aromatic N) is 2. The lowest BCUT2D eigenvalue weighted by molar-refractivity contribution is 0.612. The average Bonchev–Trinajstić information content (AvgIpc) is 2.88. The van der Waals surface area contributed by atoms with Crippen molar-refractivity contribution in [3.05, 3.63) is 51.3 Å². The van der Waals surface area contributed by atoms with Crippen LogP contribution in [-0.4, -0.2) is 9.38 Å². The Hall–Kier alpha value is -2.54. The molecule has 0 fully saturated rings. The maximum Gasteiger partial charge on any atom is 0.260 e. The van der Waals surface area contributed by atoms with Gasteiger partial charge in [-0.3, -0.25) is 9.20 Å². The number of fused-ring (bicyclic) bond motifs is 4. The van der Waals surface area contributed by atoms with Crippen molar-refractivity contribution >= 4 is 16.7 Å². The Morgan fingerprint density at radius 2 is 1.77 bits per heavy atom. The molecule has 0 atom stereocenters. The number of hydrogen-bond donors (Lipinski definition) is 1. The number of benzene rings is 1. The number of nitriles is 1. The fraction of sp³-hybridized carbons (Fsp3) is 0.333. The second-order valence-electron chi connectivity index (χ2n) is 5.99. The predicted octanol–water partition coefficient (Wildman–Crippen LogP) is 3.31. The van der Waals surface area contributed by atoms with E-state index < -0.39 is 0 Å². The van der Waals surface area contributed by atoms with Crippen LogP contribution in [0.15, 0.2) is 29.1 Å². The number of H-pyrrole nitrogens is 1. The van der Waals surface area contributed by atoms with Crippen molar-refractivity contribution in [3.8, 4) is 6.07 Å². The van der Waals surface area contributed by atoms with E-state index in [-0.39, 0.29) is 5.56 Å². The molecule has 1 aliphatic carbocycles. The van der Waals surface area contributed by atoms with E-state index in [9.17, 15) is 10.1 Å². The third-order valence-corrected chi connectivity index (χ3v) is 4.70. The van der Waals surface area contributed by atoms with Crippen LogP contribution in [0.4, 0.5) is 0 Å². The summed E-state index contributed by atoms with van der Waals surface area (Å²) in [7, 11) is 0. The lowest BCUT2D eigenvalue weighted by Crippen LogP contribution is -2.23. The number of imidazole rings is 1. The van der Waals surface area contributed by atoms with Crippen molar-refractivity contribution in [2.75, 3.05) is 0 Å². The van der Waals surface area contributed by atoms with Crippen molar-refractivity contribution in [3.63, 3.8) is 0 Å². The summed E-state index contributed by atoms with van der Waals surface area (Å²) in [6, 6.07) is 10.1. The van der Waals surface area contributed by atoms with Crippen molar-refractivity contribution in [2.45, 2.75) is 38.5 Å². The number of nitrogens with one attached hydrogen (secondary N) is 1. The van der Waals surface area contributed by atoms with Gasteiger partial charge >= 0.3 is 0 Å². The van der Waals surface area contributed by atoms with E-state index in [1.807, 2.05) is 24.3 Å². The Bertz CT molecular complexity index is 972. The molecule has 0 amide bonds. The normalized spacial score (nSPS) is 15.2. The molecule has 0 unspecified atom stereocenters. The maximum absolute atomic E-state index is 13.0. The molecule has 1 aliphatic rings. The first-order chi connectivity index (χ1) is 10.8. The first-order valence-electron chi connectivity index (χ1n) is 7.88. The largest absolute Gasteiger partial charge is 0.338 e. The van der Waals surface area contributed by atoms with Gasteiger partial charge in [0.15, 0.2) is 0 Å². The van der Waals surface area contributed by atoms with Crippen LogP contribution in [-0.2, 0) is 12.8 Å². The van der Waals surface area contributed by atoms with Gasteiger partial charge in [-0.05, 0) is 43.4 Å². The predicted molar refractivity (Wildman–Crippen MR) is 86.1 cm³/mol. The van der Waals surface area contributed by atoms with Crippen LogP contribution in [0.2, 0.25) is 0 Å². The highest BCUT2D eigenvalue weighted by Gasteiger charge is 2.21. The smallest absolute Gasteiger partial charge is 0.260 e. The van der Waals surface area contributed by atoms with Crippen LogP contribution in [0.3, 0.4) is 0 Å². The van der Waals surface area contributed by atoms with E-state index in [1.54, 1.807) is 4.40 Å². The SMILES string of the molecule is N#Cc1c2c(c(=O)n3c1[nH]c1ccccc13)CCCCCC2. The van der Waals surface area contributed by atoms with E-state index in [1.165, 1.54) is 6.42 Å². The molecule has 0 saturated carbocycles. The molecule has 0 radical (unpaired) electrons. The summed E-state index contributed by atoms with van der Waals surface area (Å²) in [5.74, 6) is 0. The lowest BCUT2D eigenvalue weighted by Gasteiger charge is -2.15. The Kier molecular flexibility index (Phi) is 3.00. The number of aromatic nitrogens is 2. The van der Waals surface area contributed by atoms with Crippen LogP contribution in [0, 0.1) is 11.3 Å². The number of aromatic amines is 1. The number of hydrogen-bond acceptors (Lipinski definition) is 2. The molecular weight excluding hydrogens is 274 g/mol. The van der Waals surface area contributed by atoms with Crippen LogP contribution >= 0.6 is 0 Å². The standard InChI is InChI=1S/C18H17N3O/c19-11-14-12-7-3-1-2-4-8-13(12)18(22)21-16-10-6-5-9-15(16)20-17(14)21/h5-6,9-10,20H,1-4,7-8H2. The summed E-state index contributed by atoms with van der Waals surface area (Å²) in [5.41, 5.74) is 4.90. The van der Waals surface area contributed by atoms with Gasteiger partial charge in [0.05, 0.1) is 16.6 Å². The molecule has 4 heteroatoms. The monoisotopic (exact) mass is 291 g/mol. The number of para-hydroxylation sites is 2. The summed E-state index contributed by atoms with van der Waals surface area (Å²) >= 11 is 0. The molecule has 2 aromatic heterocycles. The topological polar surface area (TPSA) is 61.1 Å². The summed E-state index contributed by atoms with van der Waals surface area (Å²) in [6.07, 6.45) is 6.04. The summed E-state index contributed by atoms with van der Waals surface area (Å²) in [4.78, 5) is 16.3. The molecule has 22 heavy (non-hydrogen) atoms. The first kappa shape index (κ1) is 13.1. The molecule has 1 N–H and O–H groups in total. The molecular formula is C18H17N3O. The minimum Gasteiger partial charge on any atom is -0.338 e. The zero-order valence-electron chi connectivity index (χ0n) is 12.4. The summed E-state index contributed by atoms with van der Waals surface area (Å²) in [6.45, 7) is 0. The third-order valence-electron chi connectivity index (χ3n) is 4.70. The summed E-state index contributed by atoms with van der Waals surface area (Å²) < 4.78 is 1.69. The maximum atomic E-state index is 13.0. The van der Waals surface area contributed by atoms with Gasteiger partial charge < -0.3 is 4.98 Å². The zero-order valence-corrected chi connectivity index (χ0v) is 12.4. The first-order valence-corrected chi connectivity index (χ1v) is 7.88. The van der Waals surface area contributed by atoms with Crippen LogP contribution in [0.25, 0.3) is 16.7 Å². The minimum atomic E-state index is 0.0448. The molecule has 2 heterocycles. The van der Waals surface area contributed by atoms with Gasteiger partial charge in [0, 0.05) is 5.56 Å². The van der Waals surface area contributed by atoms with Crippen LogP contribution < -0.4 is 5.56 Å². The van der Waals surface area contributed by atoms with Gasteiger partial charge in [-0.1, -0.05) is 25.0 Å². The van der Waals surface area contributed by atoms with E-state index in [2.05, 4.69) is 11.1 Å². The Balaban J connectivity index is 2.19. The fourth-order valence-electron chi connectivity index (χ4n) is 3.63. The molecule has 1 aromatic carbocycles. The minimum absolute atomic E-state index is 0.0448. The quantitative estimate of drug-likeness (QED) is 0.690. The fourth-order valence-corrected chi connectivity index (χ4v) is 3.63. The van der Waals surface area contributed by atoms with E-state index in [0.29, 0.717) is 11.2 Å². The van der Waals surface area contributed by atoms with E-state index >= 15 is 0 Å². The molecule has 110 valence electrons. The second-order valence-corrected chi connectivity index (χ2v) is 5.99. The van der Waals surface area contributed by atoms with E-state index in [0.717, 1.165) is 54.3 Å². The molecule has 0 saturated heterocycles. The van der Waals surface area contributed by atoms with Crippen molar-refractivity contribution in [1.82, 2.24) is 9.38 Å². The highest BCUT2D eigenvalue weighted by Crippen LogP contribution is 2.25. The molecule has 0 aliphatic heterocycles. The Morgan fingerprint density at radius 3 is 2.55 bits per heavy atom. The van der Waals surface area contributed by atoms with E-state index in [4.69, 9.17) is 0 Å². The number of rotatable bonds is 0. The molecule has 0 bridgehead atoms. The van der Waals surface area contributed by atoms with Gasteiger partial charge in [0.2, 0.25) is 0 Å². The Morgan fingerprint density at radius 1 is 1.05 bits per heavy atom. The van der Waals surface area contributed by atoms with Crippen molar-refractivity contribution in [1.29, 1.82) is 5.26 Å². The molecule has 3 aromatic rings. The van der Waals surface area contributed by atoms with Crippen LogP contribution in [0.5, 0.6) is 0 Å². The highest BCUT2D eigenvalue weighted by atomic mass is 16.1. The van der Waals surface area contributed by atoms with Gasteiger partial charge in [0.25, 0.3) is 5.56 Å². The molecule has 4 nitrogen and oxygen atoms in total. The van der Waals surface area contributed by atoms with Crippen molar-refractivity contribution < 1.29 is 0 Å². The third kappa shape index (κ3) is 1.79. The average molecular weight is 291 g/mol. The lowest BCUT2D eigenvalue weighted by atomic mass is 9.91. The zero-order chi connectivity index (χ0) is 15.1. The van der Waals surface area contributed by atoms with Gasteiger partial charge in [-0.25, -0.2) is 0 Å². The van der Waals surface area contributed by atoms with Crippen molar-refractivity contribution in [2.24, 2.45) is 0 Å². The molecule has 4 rings (SSSR count). The van der Waals surface area contributed by atoms with Crippen LogP contribution in [0.1, 0.15) is 42.4 Å². The molecule has 0 spiro atoms. The van der Waals surface area contributed by atoms with Gasteiger partial charge in [-0.15, -0.1) is 0 Å². The Labute approximate surface area is 128 Å². The van der Waals surface area contributed by atoms with Gasteiger partial charge in [-0.2, -0.15) is 5.26 Å². The van der Waals surface area contributed by atoms with Gasteiger partial charge in [0.1, 0.15) is 11.7 Å². The highest BCUT2D eigenvalue weighted by molar-refractivity contribution is 5.83. The second kappa shape index (κ2) is 5.03. The number of pyridine rings is 1. The summed E-state index contributed by atoms with van der Waals surface area (Å²) in [5, 5.41) is 9.68.